The van der Waals surface area contributed by atoms with Crippen LogP contribution >= 0.6 is 0 Å². The van der Waals surface area contributed by atoms with Crippen LogP contribution in [0.4, 0.5) is 0 Å². The zero-order valence-corrected chi connectivity index (χ0v) is 19.5. The molecule has 0 radical (unpaired) electrons. The Kier molecular flexibility index (Phi) is 8.24. The minimum atomic E-state index is -0.167. The van der Waals surface area contributed by atoms with Crippen LogP contribution in [0.1, 0.15) is 36.3 Å². The zero-order chi connectivity index (χ0) is 23.8. The van der Waals surface area contributed by atoms with Crippen LogP contribution in [0.3, 0.4) is 0 Å². The molecule has 0 saturated heterocycles. The van der Waals surface area contributed by atoms with Crippen LogP contribution in [0.2, 0.25) is 0 Å². The summed E-state index contributed by atoms with van der Waals surface area (Å²) in [5.41, 5.74) is 2.37. The Labute approximate surface area is 193 Å². The van der Waals surface area contributed by atoms with Gasteiger partial charge in [0.05, 0.1) is 39.9 Å². The van der Waals surface area contributed by atoms with Crippen molar-refractivity contribution >= 4 is 11.6 Å². The Morgan fingerprint density at radius 3 is 2.45 bits per heavy atom. The first-order valence-corrected chi connectivity index (χ1v) is 10.8. The van der Waals surface area contributed by atoms with Crippen LogP contribution in [0.5, 0.6) is 17.2 Å². The molecule has 3 rings (SSSR count). The fraction of sp³-hybridized carbons (Fsp3) is 0.346. The highest BCUT2D eigenvalue weighted by atomic mass is 16.5. The molecule has 0 fully saturated rings. The average Bonchev–Trinajstić information content (AvgIpc) is 3.18. The van der Waals surface area contributed by atoms with Gasteiger partial charge in [0.2, 0.25) is 5.89 Å². The fourth-order valence-corrected chi connectivity index (χ4v) is 3.55. The van der Waals surface area contributed by atoms with Crippen LogP contribution in [0, 0.1) is 6.92 Å². The predicted molar refractivity (Wildman–Crippen MR) is 124 cm³/mol. The van der Waals surface area contributed by atoms with E-state index in [4.69, 9.17) is 18.6 Å². The van der Waals surface area contributed by atoms with E-state index < -0.39 is 0 Å². The first-order valence-electron chi connectivity index (χ1n) is 10.8. The highest BCUT2D eigenvalue weighted by molar-refractivity contribution is 5.99. The Morgan fingerprint density at radius 1 is 0.939 bits per heavy atom. The second-order valence-electron chi connectivity index (χ2n) is 7.73. The lowest BCUT2D eigenvalue weighted by molar-refractivity contribution is -0.126. The average molecular weight is 452 g/mol. The van der Waals surface area contributed by atoms with Crippen molar-refractivity contribution in [1.82, 2.24) is 4.98 Å². The molecular weight excluding hydrogens is 422 g/mol. The van der Waals surface area contributed by atoms with Crippen molar-refractivity contribution in [2.45, 2.75) is 39.0 Å². The molecule has 7 nitrogen and oxygen atoms in total. The normalized spacial score (nSPS) is 10.7. The lowest BCUT2D eigenvalue weighted by atomic mass is 10.0. The molecule has 0 saturated carbocycles. The molecule has 0 N–H and O–H groups in total. The van der Waals surface area contributed by atoms with Crippen molar-refractivity contribution in [3.05, 3.63) is 59.5 Å². The van der Waals surface area contributed by atoms with Crippen molar-refractivity contribution in [2.75, 3.05) is 21.3 Å². The summed E-state index contributed by atoms with van der Waals surface area (Å²) in [5.74, 6) is 2.78. The Morgan fingerprint density at radius 2 is 1.73 bits per heavy atom. The van der Waals surface area contributed by atoms with Gasteiger partial charge in [0, 0.05) is 12.0 Å². The molecule has 1 heterocycles. The number of Topliss-reactive ketones (excluding diaryl/α,β-unsaturated/α-hetero) is 2. The van der Waals surface area contributed by atoms with Crippen LogP contribution < -0.4 is 14.2 Å². The first kappa shape index (κ1) is 24.0. The molecular formula is C26H29NO6. The highest BCUT2D eigenvalue weighted by Crippen LogP contribution is 2.28. The largest absolute Gasteiger partial charge is 0.497 e. The number of aryl methyl sites for hydroxylation is 2. The number of hydrogen-bond donors (Lipinski definition) is 0. The van der Waals surface area contributed by atoms with Gasteiger partial charge in [0.15, 0.2) is 11.5 Å². The number of rotatable bonds is 12. The van der Waals surface area contributed by atoms with Crippen molar-refractivity contribution in [3.8, 4) is 28.7 Å². The molecule has 0 aliphatic rings. The monoisotopic (exact) mass is 451 g/mol. The molecule has 7 heteroatoms. The molecule has 0 amide bonds. The number of ether oxygens (including phenoxy) is 3. The molecule has 0 bridgehead atoms. The van der Waals surface area contributed by atoms with E-state index in [9.17, 15) is 9.59 Å². The van der Waals surface area contributed by atoms with Crippen LogP contribution in [0.25, 0.3) is 11.5 Å². The minimum absolute atomic E-state index is 0.0702. The standard InChI is InChI=1S/C26H29NO6/c1-17-23(27-26(33-17)19-8-6-10-22(14-19)30-2)16-21(29)15-20(28)9-5-7-18-11-12-24(31-3)25(13-18)32-4/h6,8,10-14H,5,7,9,15-16H2,1-4H3. The summed E-state index contributed by atoms with van der Waals surface area (Å²) < 4.78 is 21.5. The molecule has 1 aromatic heterocycles. The number of methoxy groups -OCH3 is 3. The van der Waals surface area contributed by atoms with Crippen LogP contribution in [-0.4, -0.2) is 37.9 Å². The third-order valence-corrected chi connectivity index (χ3v) is 5.34. The lowest BCUT2D eigenvalue weighted by Gasteiger charge is -2.09. The van der Waals surface area contributed by atoms with E-state index in [1.54, 1.807) is 28.3 Å². The Hall–Kier alpha value is -3.61. The van der Waals surface area contributed by atoms with E-state index in [2.05, 4.69) is 4.98 Å². The molecule has 33 heavy (non-hydrogen) atoms. The molecule has 3 aromatic rings. The maximum absolute atomic E-state index is 12.5. The van der Waals surface area contributed by atoms with Gasteiger partial charge in [-0.3, -0.25) is 9.59 Å². The van der Waals surface area contributed by atoms with E-state index in [0.29, 0.717) is 53.9 Å². The van der Waals surface area contributed by atoms with Gasteiger partial charge in [0.25, 0.3) is 0 Å². The number of benzene rings is 2. The van der Waals surface area contributed by atoms with E-state index >= 15 is 0 Å². The molecule has 0 aliphatic heterocycles. The number of aromatic nitrogens is 1. The summed E-state index contributed by atoms with van der Waals surface area (Å²) in [6, 6.07) is 13.1. The predicted octanol–water partition coefficient (Wildman–Crippen LogP) is 4.77. The van der Waals surface area contributed by atoms with Crippen molar-refractivity contribution in [1.29, 1.82) is 0 Å². The minimum Gasteiger partial charge on any atom is -0.497 e. The van der Waals surface area contributed by atoms with E-state index in [1.165, 1.54) is 0 Å². The number of carbonyl (C=O) groups excluding carboxylic acids is 2. The maximum atomic E-state index is 12.5. The molecule has 2 aromatic carbocycles. The third-order valence-electron chi connectivity index (χ3n) is 5.34. The second kappa shape index (κ2) is 11.3. The number of hydrogen-bond acceptors (Lipinski definition) is 7. The third kappa shape index (κ3) is 6.44. The summed E-state index contributed by atoms with van der Waals surface area (Å²) >= 11 is 0. The summed E-state index contributed by atoms with van der Waals surface area (Å²) in [6.07, 6.45) is 1.68. The summed E-state index contributed by atoms with van der Waals surface area (Å²) in [6.45, 7) is 1.77. The maximum Gasteiger partial charge on any atom is 0.226 e. The molecule has 0 spiro atoms. The highest BCUT2D eigenvalue weighted by Gasteiger charge is 2.17. The summed E-state index contributed by atoms with van der Waals surface area (Å²) in [7, 11) is 4.77. The zero-order valence-electron chi connectivity index (χ0n) is 19.5. The van der Waals surface area contributed by atoms with Gasteiger partial charge in [-0.1, -0.05) is 12.1 Å². The SMILES string of the molecule is COc1cccc(-c2nc(CC(=O)CC(=O)CCCc3ccc(OC)c(OC)c3)c(C)o2)c1. The van der Waals surface area contributed by atoms with Crippen LogP contribution in [0.15, 0.2) is 46.9 Å². The summed E-state index contributed by atoms with van der Waals surface area (Å²) in [4.78, 5) is 29.2. The van der Waals surface area contributed by atoms with Gasteiger partial charge in [0.1, 0.15) is 23.1 Å². The Balaban J connectivity index is 1.50. The van der Waals surface area contributed by atoms with Crippen molar-refractivity contribution in [2.24, 2.45) is 0 Å². The number of ketones is 2. The van der Waals surface area contributed by atoms with Gasteiger partial charge >= 0.3 is 0 Å². The number of nitrogens with zero attached hydrogens (tertiary/aromatic N) is 1. The molecule has 174 valence electrons. The molecule has 0 unspecified atom stereocenters. The fourth-order valence-electron chi connectivity index (χ4n) is 3.55. The number of oxazole rings is 1. The van der Waals surface area contributed by atoms with Gasteiger partial charge < -0.3 is 18.6 Å². The Bertz CT molecular complexity index is 1120. The molecule has 0 atom stereocenters. The van der Waals surface area contributed by atoms with Gasteiger partial charge in [-0.05, 0) is 55.7 Å². The second-order valence-corrected chi connectivity index (χ2v) is 7.73. The lowest BCUT2D eigenvalue weighted by Crippen LogP contribution is -2.11. The topological polar surface area (TPSA) is 87.9 Å². The van der Waals surface area contributed by atoms with Gasteiger partial charge in [-0.2, -0.15) is 0 Å². The van der Waals surface area contributed by atoms with Crippen molar-refractivity contribution < 1.29 is 28.2 Å². The summed E-state index contributed by atoms with van der Waals surface area (Å²) in [5, 5.41) is 0. The van der Waals surface area contributed by atoms with Crippen LogP contribution in [-0.2, 0) is 22.4 Å². The van der Waals surface area contributed by atoms with Gasteiger partial charge in [-0.15, -0.1) is 0 Å². The van der Waals surface area contributed by atoms with Crippen molar-refractivity contribution in [3.63, 3.8) is 0 Å². The quantitative estimate of drug-likeness (QED) is 0.367. The van der Waals surface area contributed by atoms with E-state index in [1.807, 2.05) is 42.5 Å². The smallest absolute Gasteiger partial charge is 0.226 e. The first-order chi connectivity index (χ1) is 15.9. The molecule has 0 aliphatic carbocycles. The van der Waals surface area contributed by atoms with Gasteiger partial charge in [-0.25, -0.2) is 4.98 Å². The number of carbonyl (C=O) groups is 2. The van der Waals surface area contributed by atoms with E-state index in [0.717, 1.165) is 11.1 Å². The van der Waals surface area contributed by atoms with E-state index in [-0.39, 0.29) is 24.4 Å².